The number of carbonyl (C=O) groups excluding carboxylic acids is 1. The van der Waals surface area contributed by atoms with E-state index in [1.807, 2.05) is 24.3 Å². The molecule has 0 unspecified atom stereocenters. The Morgan fingerprint density at radius 3 is 2.86 bits per heavy atom. The molecule has 0 spiro atoms. The van der Waals surface area contributed by atoms with Crippen molar-refractivity contribution in [3.8, 4) is 17.0 Å². The number of amides is 1. The van der Waals surface area contributed by atoms with E-state index >= 15 is 0 Å². The van der Waals surface area contributed by atoms with Crippen molar-refractivity contribution in [2.45, 2.75) is 0 Å². The highest BCUT2D eigenvalue weighted by molar-refractivity contribution is 5.92. The average Bonchev–Trinajstić information content (AvgIpc) is 2.52. The Bertz CT molecular complexity index is 670. The van der Waals surface area contributed by atoms with E-state index in [9.17, 15) is 4.79 Å². The van der Waals surface area contributed by atoms with Crippen LogP contribution in [0.5, 0.6) is 5.75 Å². The molecule has 1 amide bonds. The summed E-state index contributed by atoms with van der Waals surface area (Å²) in [5.74, 6) is 0.351. The van der Waals surface area contributed by atoms with Gasteiger partial charge < -0.3 is 15.8 Å². The van der Waals surface area contributed by atoms with Gasteiger partial charge >= 0.3 is 0 Å². The fraction of sp³-hybridized carbons (Fsp3) is 0.133. The molecule has 1 aromatic carbocycles. The molecule has 6 heteroatoms. The van der Waals surface area contributed by atoms with Gasteiger partial charge in [0.05, 0.1) is 12.8 Å². The lowest BCUT2D eigenvalue weighted by molar-refractivity contribution is 0.0995. The number of primary amides is 1. The Morgan fingerprint density at radius 1 is 1.43 bits per heavy atom. The minimum absolute atomic E-state index is 0.137. The summed E-state index contributed by atoms with van der Waals surface area (Å²) < 4.78 is 5.31. The molecule has 0 saturated heterocycles. The Hall–Kier alpha value is -2.89. The molecular weight excluding hydrogens is 268 g/mol. The number of hydrogen-bond acceptors (Lipinski definition) is 5. The molecule has 0 aliphatic rings. The first kappa shape index (κ1) is 14.5. The van der Waals surface area contributed by atoms with E-state index in [4.69, 9.17) is 10.5 Å². The van der Waals surface area contributed by atoms with Gasteiger partial charge in [-0.3, -0.25) is 4.79 Å². The number of aromatic nitrogens is 2. The predicted octanol–water partition coefficient (Wildman–Crippen LogP) is 1.85. The van der Waals surface area contributed by atoms with Crippen LogP contribution in [0.25, 0.3) is 11.3 Å². The van der Waals surface area contributed by atoms with Gasteiger partial charge in [-0.05, 0) is 18.2 Å². The molecule has 2 rings (SSSR count). The van der Waals surface area contributed by atoms with Crippen molar-refractivity contribution in [2.75, 3.05) is 19.0 Å². The smallest absolute Gasteiger partial charge is 0.267 e. The van der Waals surface area contributed by atoms with E-state index in [2.05, 4.69) is 21.9 Å². The highest BCUT2D eigenvalue weighted by Crippen LogP contribution is 2.28. The van der Waals surface area contributed by atoms with Crippen LogP contribution in [0.2, 0.25) is 0 Å². The maximum absolute atomic E-state index is 11.4. The van der Waals surface area contributed by atoms with Gasteiger partial charge in [0.2, 0.25) is 5.95 Å². The molecule has 0 bridgehead atoms. The standard InChI is InChI=1S/C15H16N4O2/c1-3-8-17-15-18-11(9-12(19-15)14(16)20)10-6-4-5-7-13(10)21-2/h3-7,9H,1,8H2,2H3,(H2,16,20)(H,17,18,19). The molecule has 0 aliphatic carbocycles. The third-order valence-electron chi connectivity index (χ3n) is 2.77. The van der Waals surface area contributed by atoms with E-state index < -0.39 is 5.91 Å². The van der Waals surface area contributed by atoms with Crippen molar-refractivity contribution in [1.29, 1.82) is 0 Å². The first-order valence-electron chi connectivity index (χ1n) is 6.32. The van der Waals surface area contributed by atoms with Crippen LogP contribution < -0.4 is 15.8 Å². The molecule has 3 N–H and O–H groups in total. The van der Waals surface area contributed by atoms with Gasteiger partial charge in [0.25, 0.3) is 5.91 Å². The van der Waals surface area contributed by atoms with Gasteiger partial charge in [-0.1, -0.05) is 18.2 Å². The number of nitrogens with zero attached hydrogens (tertiary/aromatic N) is 2. The van der Waals surface area contributed by atoms with Gasteiger partial charge in [-0.2, -0.15) is 0 Å². The molecule has 2 aromatic rings. The Kier molecular flexibility index (Phi) is 4.50. The largest absolute Gasteiger partial charge is 0.496 e. The number of ether oxygens (including phenoxy) is 1. The average molecular weight is 284 g/mol. The SMILES string of the molecule is C=CCNc1nc(C(N)=O)cc(-c2ccccc2OC)n1. The molecule has 1 aromatic heterocycles. The van der Waals surface area contributed by atoms with Crippen molar-refractivity contribution < 1.29 is 9.53 Å². The number of hydrogen-bond donors (Lipinski definition) is 2. The zero-order valence-corrected chi connectivity index (χ0v) is 11.7. The summed E-state index contributed by atoms with van der Waals surface area (Å²) in [7, 11) is 1.58. The van der Waals surface area contributed by atoms with Crippen LogP contribution in [0.1, 0.15) is 10.5 Å². The van der Waals surface area contributed by atoms with Crippen LogP contribution in [-0.4, -0.2) is 29.5 Å². The monoisotopic (exact) mass is 284 g/mol. The van der Waals surface area contributed by atoms with Crippen LogP contribution in [0, 0.1) is 0 Å². The summed E-state index contributed by atoms with van der Waals surface area (Å²) in [6.07, 6.45) is 1.67. The maximum Gasteiger partial charge on any atom is 0.267 e. The summed E-state index contributed by atoms with van der Waals surface area (Å²) in [6, 6.07) is 8.93. The molecule has 0 fully saturated rings. The van der Waals surface area contributed by atoms with Crippen molar-refractivity contribution in [3.05, 3.63) is 48.7 Å². The molecule has 21 heavy (non-hydrogen) atoms. The molecular formula is C15H16N4O2. The minimum atomic E-state index is -0.616. The molecule has 1 heterocycles. The number of nitrogens with one attached hydrogen (secondary N) is 1. The number of para-hydroxylation sites is 1. The molecule has 0 radical (unpaired) electrons. The fourth-order valence-electron chi connectivity index (χ4n) is 1.81. The number of benzene rings is 1. The number of nitrogens with two attached hydrogens (primary N) is 1. The topological polar surface area (TPSA) is 90.1 Å². The highest BCUT2D eigenvalue weighted by atomic mass is 16.5. The first-order valence-corrected chi connectivity index (χ1v) is 6.32. The number of carbonyl (C=O) groups is 1. The Labute approximate surface area is 122 Å². The number of rotatable bonds is 6. The van der Waals surface area contributed by atoms with Crippen molar-refractivity contribution in [1.82, 2.24) is 9.97 Å². The zero-order valence-electron chi connectivity index (χ0n) is 11.7. The molecule has 6 nitrogen and oxygen atoms in total. The maximum atomic E-state index is 11.4. The van der Waals surface area contributed by atoms with Crippen molar-refractivity contribution in [3.63, 3.8) is 0 Å². The van der Waals surface area contributed by atoms with Crippen molar-refractivity contribution in [2.24, 2.45) is 5.73 Å². The third-order valence-corrected chi connectivity index (χ3v) is 2.77. The van der Waals surface area contributed by atoms with Gasteiger partial charge in [0.1, 0.15) is 11.4 Å². The molecule has 108 valence electrons. The second kappa shape index (κ2) is 6.51. The van der Waals surface area contributed by atoms with Gasteiger partial charge in [-0.25, -0.2) is 9.97 Å². The summed E-state index contributed by atoms with van der Waals surface area (Å²) in [5, 5.41) is 2.95. The van der Waals surface area contributed by atoms with Crippen LogP contribution in [0.4, 0.5) is 5.95 Å². The zero-order chi connectivity index (χ0) is 15.2. The van der Waals surface area contributed by atoms with Crippen molar-refractivity contribution >= 4 is 11.9 Å². The quantitative estimate of drug-likeness (QED) is 0.790. The lowest BCUT2D eigenvalue weighted by atomic mass is 10.1. The van der Waals surface area contributed by atoms with E-state index in [-0.39, 0.29) is 5.69 Å². The van der Waals surface area contributed by atoms with E-state index in [1.165, 1.54) is 0 Å². The highest BCUT2D eigenvalue weighted by Gasteiger charge is 2.13. The molecule has 0 aliphatic heterocycles. The summed E-state index contributed by atoms with van der Waals surface area (Å²) in [6.45, 7) is 4.09. The minimum Gasteiger partial charge on any atom is -0.496 e. The normalized spacial score (nSPS) is 9.95. The van der Waals surface area contributed by atoms with Gasteiger partial charge in [0.15, 0.2) is 0 Å². The lowest BCUT2D eigenvalue weighted by Crippen LogP contribution is -2.15. The van der Waals surface area contributed by atoms with Crippen LogP contribution in [0.15, 0.2) is 43.0 Å². The lowest BCUT2D eigenvalue weighted by Gasteiger charge is -2.10. The second-order valence-electron chi connectivity index (χ2n) is 4.20. The number of anilines is 1. The third kappa shape index (κ3) is 3.36. The summed E-state index contributed by atoms with van der Waals surface area (Å²) >= 11 is 0. The molecule has 0 saturated carbocycles. The van der Waals surface area contributed by atoms with Gasteiger partial charge in [0, 0.05) is 12.1 Å². The van der Waals surface area contributed by atoms with Crippen LogP contribution in [-0.2, 0) is 0 Å². The summed E-state index contributed by atoms with van der Waals surface area (Å²) in [5.41, 5.74) is 6.77. The second-order valence-corrected chi connectivity index (χ2v) is 4.20. The first-order chi connectivity index (χ1) is 10.2. The van der Waals surface area contributed by atoms with E-state index in [1.54, 1.807) is 19.3 Å². The Balaban J connectivity index is 2.53. The van der Waals surface area contributed by atoms with Gasteiger partial charge in [-0.15, -0.1) is 6.58 Å². The van der Waals surface area contributed by atoms with E-state index in [0.717, 1.165) is 5.56 Å². The number of methoxy groups -OCH3 is 1. The predicted molar refractivity (Wildman–Crippen MR) is 81.2 cm³/mol. The molecule has 0 atom stereocenters. The Morgan fingerprint density at radius 2 is 2.19 bits per heavy atom. The fourth-order valence-corrected chi connectivity index (χ4v) is 1.81. The van der Waals surface area contributed by atoms with Crippen LogP contribution in [0.3, 0.4) is 0 Å². The van der Waals surface area contributed by atoms with Crippen LogP contribution >= 0.6 is 0 Å². The summed E-state index contributed by atoms with van der Waals surface area (Å²) in [4.78, 5) is 19.9. The van der Waals surface area contributed by atoms with E-state index in [0.29, 0.717) is 23.9 Å².